The van der Waals surface area contributed by atoms with Gasteiger partial charge in [0, 0.05) is 18.0 Å². The number of hydrogen-bond acceptors (Lipinski definition) is 5. The zero-order valence-electron chi connectivity index (χ0n) is 13.5. The number of rotatable bonds is 4. The van der Waals surface area contributed by atoms with Crippen molar-refractivity contribution in [3.05, 3.63) is 45.1 Å². The molecule has 6 nitrogen and oxygen atoms in total. The Morgan fingerprint density at radius 2 is 1.96 bits per heavy atom. The average Bonchev–Trinajstić information content (AvgIpc) is 3.00. The van der Waals surface area contributed by atoms with Gasteiger partial charge in [-0.1, -0.05) is 23.7 Å². The summed E-state index contributed by atoms with van der Waals surface area (Å²) in [6.45, 7) is 3.09. The number of para-hydroxylation sites is 1. The number of anilines is 1. The van der Waals surface area contributed by atoms with Gasteiger partial charge in [-0.3, -0.25) is 4.79 Å². The van der Waals surface area contributed by atoms with E-state index in [9.17, 15) is 13.2 Å². The Bertz CT molecular complexity index is 889. The second-order valence-corrected chi connectivity index (χ2v) is 9.05. The fraction of sp³-hybridized carbons (Fsp3) is 0.312. The molecule has 0 saturated carbocycles. The molecule has 1 aromatic carbocycles. The fourth-order valence-electron chi connectivity index (χ4n) is 2.51. The van der Waals surface area contributed by atoms with E-state index in [1.165, 1.54) is 10.4 Å². The monoisotopic (exact) mass is 400 g/mol. The molecule has 2 heterocycles. The standard InChI is InChI=1S/C16H17ClN2O4S2/c1-11-15(25(21,22)19-6-8-23-9-7-19)10-14(24-11)16(20)18-13-5-3-2-4-12(13)17/h2-5,10H,6-9H2,1H3,(H,18,20). The maximum atomic E-state index is 12.8. The van der Waals surface area contributed by atoms with Gasteiger partial charge < -0.3 is 10.1 Å². The number of nitrogens with zero attached hydrogens (tertiary/aromatic N) is 1. The number of benzene rings is 1. The van der Waals surface area contributed by atoms with Gasteiger partial charge in [0.15, 0.2) is 0 Å². The molecular weight excluding hydrogens is 384 g/mol. The van der Waals surface area contributed by atoms with Crippen molar-refractivity contribution in [3.63, 3.8) is 0 Å². The number of amides is 1. The minimum atomic E-state index is -3.63. The number of thiophene rings is 1. The summed E-state index contributed by atoms with van der Waals surface area (Å²) in [6, 6.07) is 8.31. The highest BCUT2D eigenvalue weighted by Gasteiger charge is 2.30. The third-order valence-corrected chi connectivity index (χ3v) is 7.34. The van der Waals surface area contributed by atoms with Gasteiger partial charge in [-0.25, -0.2) is 8.42 Å². The number of morpholine rings is 1. The number of ether oxygens (including phenoxy) is 1. The maximum absolute atomic E-state index is 12.8. The first kappa shape index (κ1) is 18.3. The number of halogens is 1. The summed E-state index contributed by atoms with van der Waals surface area (Å²) in [7, 11) is -3.63. The lowest BCUT2D eigenvalue weighted by molar-refractivity contribution is 0.0730. The third-order valence-electron chi connectivity index (χ3n) is 3.81. The average molecular weight is 401 g/mol. The Labute approximate surface area is 155 Å². The van der Waals surface area contributed by atoms with Crippen LogP contribution in [0.15, 0.2) is 35.2 Å². The largest absolute Gasteiger partial charge is 0.379 e. The van der Waals surface area contributed by atoms with Gasteiger partial charge in [-0.15, -0.1) is 11.3 Å². The normalized spacial score (nSPS) is 15.9. The molecule has 2 aromatic rings. The molecule has 1 saturated heterocycles. The van der Waals surface area contributed by atoms with E-state index in [1.54, 1.807) is 31.2 Å². The zero-order valence-corrected chi connectivity index (χ0v) is 15.9. The second kappa shape index (κ2) is 7.43. The first-order valence-corrected chi connectivity index (χ1v) is 10.3. The lowest BCUT2D eigenvalue weighted by Crippen LogP contribution is -2.40. The van der Waals surface area contributed by atoms with Crippen LogP contribution in [0.4, 0.5) is 5.69 Å². The maximum Gasteiger partial charge on any atom is 0.265 e. The molecule has 1 amide bonds. The molecule has 0 aliphatic carbocycles. The van der Waals surface area contributed by atoms with Crippen molar-refractivity contribution < 1.29 is 17.9 Å². The summed E-state index contributed by atoms with van der Waals surface area (Å²) in [5, 5.41) is 3.13. The van der Waals surface area contributed by atoms with Gasteiger partial charge in [-0.05, 0) is 25.1 Å². The van der Waals surface area contributed by atoms with Crippen LogP contribution < -0.4 is 5.32 Å². The van der Waals surface area contributed by atoms with Crippen molar-refractivity contribution in [2.45, 2.75) is 11.8 Å². The first-order chi connectivity index (χ1) is 11.9. The van der Waals surface area contributed by atoms with E-state index in [1.807, 2.05) is 0 Å². The molecule has 0 unspecified atom stereocenters. The highest BCUT2D eigenvalue weighted by Crippen LogP contribution is 2.30. The summed E-state index contributed by atoms with van der Waals surface area (Å²) in [5.41, 5.74) is 0.484. The zero-order chi connectivity index (χ0) is 18.0. The number of hydrogen-bond donors (Lipinski definition) is 1. The molecule has 0 radical (unpaired) electrons. The second-order valence-electron chi connectivity index (χ2n) is 5.48. The van der Waals surface area contributed by atoms with Gasteiger partial charge in [0.25, 0.3) is 5.91 Å². The molecule has 1 aliphatic rings. The molecule has 1 fully saturated rings. The summed E-state index contributed by atoms with van der Waals surface area (Å²) in [4.78, 5) is 13.5. The van der Waals surface area contributed by atoms with Crippen LogP contribution in [-0.2, 0) is 14.8 Å². The third kappa shape index (κ3) is 3.88. The van der Waals surface area contributed by atoms with Crippen LogP contribution in [0.2, 0.25) is 5.02 Å². The molecule has 1 aromatic heterocycles. The van der Waals surface area contributed by atoms with Crippen molar-refractivity contribution in [3.8, 4) is 0 Å². The van der Waals surface area contributed by atoms with Gasteiger partial charge in [-0.2, -0.15) is 4.31 Å². The molecule has 0 atom stereocenters. The van der Waals surface area contributed by atoms with Crippen molar-refractivity contribution in [2.24, 2.45) is 0 Å². The Balaban J connectivity index is 1.84. The van der Waals surface area contributed by atoms with E-state index in [0.29, 0.717) is 46.8 Å². The van der Waals surface area contributed by atoms with Crippen LogP contribution in [0, 0.1) is 6.92 Å². The lowest BCUT2D eigenvalue weighted by Gasteiger charge is -2.25. The Morgan fingerprint density at radius 1 is 1.28 bits per heavy atom. The van der Waals surface area contributed by atoms with Crippen LogP contribution in [0.5, 0.6) is 0 Å². The van der Waals surface area contributed by atoms with Gasteiger partial charge in [0.2, 0.25) is 10.0 Å². The van der Waals surface area contributed by atoms with Crippen molar-refractivity contribution in [1.82, 2.24) is 4.31 Å². The number of sulfonamides is 1. The van der Waals surface area contributed by atoms with Gasteiger partial charge >= 0.3 is 0 Å². The summed E-state index contributed by atoms with van der Waals surface area (Å²) >= 11 is 7.19. The molecule has 0 spiro atoms. The fourth-order valence-corrected chi connectivity index (χ4v) is 5.55. The highest BCUT2D eigenvalue weighted by atomic mass is 35.5. The molecular formula is C16H17ClN2O4S2. The van der Waals surface area contributed by atoms with Crippen LogP contribution in [0.1, 0.15) is 14.5 Å². The van der Waals surface area contributed by atoms with E-state index < -0.39 is 10.0 Å². The Kier molecular flexibility index (Phi) is 5.45. The van der Waals surface area contributed by atoms with Crippen LogP contribution in [0.25, 0.3) is 0 Å². The smallest absolute Gasteiger partial charge is 0.265 e. The SMILES string of the molecule is Cc1sc(C(=O)Nc2ccccc2Cl)cc1S(=O)(=O)N1CCOCC1. The summed E-state index contributed by atoms with van der Waals surface area (Å²) in [5.74, 6) is -0.385. The van der Waals surface area contributed by atoms with E-state index in [0.717, 1.165) is 11.3 Å². The van der Waals surface area contributed by atoms with Gasteiger partial charge in [0.1, 0.15) is 0 Å². The molecule has 3 rings (SSSR count). The van der Waals surface area contributed by atoms with Crippen LogP contribution >= 0.6 is 22.9 Å². The summed E-state index contributed by atoms with van der Waals surface area (Å²) in [6.07, 6.45) is 0. The van der Waals surface area contributed by atoms with E-state index in [-0.39, 0.29) is 10.8 Å². The van der Waals surface area contributed by atoms with Crippen molar-refractivity contribution in [2.75, 3.05) is 31.6 Å². The number of carbonyl (C=O) groups excluding carboxylic acids is 1. The minimum absolute atomic E-state index is 0.170. The Hall–Kier alpha value is -1.45. The lowest BCUT2D eigenvalue weighted by atomic mass is 10.3. The Morgan fingerprint density at radius 3 is 2.64 bits per heavy atom. The topological polar surface area (TPSA) is 75.7 Å². The molecule has 25 heavy (non-hydrogen) atoms. The predicted molar refractivity (Wildman–Crippen MR) is 98.0 cm³/mol. The molecule has 1 aliphatic heterocycles. The van der Waals surface area contributed by atoms with Gasteiger partial charge in [0.05, 0.1) is 33.7 Å². The first-order valence-electron chi connectivity index (χ1n) is 7.64. The summed E-state index contributed by atoms with van der Waals surface area (Å²) < 4.78 is 32.2. The van der Waals surface area contributed by atoms with Crippen LogP contribution in [-0.4, -0.2) is 44.9 Å². The molecule has 1 N–H and O–H groups in total. The number of nitrogens with one attached hydrogen (secondary N) is 1. The van der Waals surface area contributed by atoms with E-state index in [2.05, 4.69) is 5.32 Å². The highest BCUT2D eigenvalue weighted by molar-refractivity contribution is 7.89. The predicted octanol–water partition coefficient (Wildman–Crippen LogP) is 2.98. The number of carbonyl (C=O) groups is 1. The number of aryl methyl sites for hydroxylation is 1. The van der Waals surface area contributed by atoms with Crippen molar-refractivity contribution in [1.29, 1.82) is 0 Å². The minimum Gasteiger partial charge on any atom is -0.379 e. The van der Waals surface area contributed by atoms with E-state index >= 15 is 0 Å². The quantitative estimate of drug-likeness (QED) is 0.856. The van der Waals surface area contributed by atoms with Crippen molar-refractivity contribution >= 4 is 44.6 Å². The van der Waals surface area contributed by atoms with Crippen LogP contribution in [0.3, 0.4) is 0 Å². The molecule has 0 bridgehead atoms. The molecule has 9 heteroatoms. The molecule has 134 valence electrons. The van der Waals surface area contributed by atoms with E-state index in [4.69, 9.17) is 16.3 Å².